The lowest BCUT2D eigenvalue weighted by atomic mass is 10.1. The van der Waals surface area contributed by atoms with Gasteiger partial charge in [-0.2, -0.15) is 0 Å². The summed E-state index contributed by atoms with van der Waals surface area (Å²) in [5, 5.41) is 13.0. The Balaban J connectivity index is 1.59. The van der Waals surface area contributed by atoms with E-state index in [0.717, 1.165) is 17.2 Å². The Hall–Kier alpha value is -2.80. The minimum atomic E-state index is -0.658. The second-order valence-corrected chi connectivity index (χ2v) is 10.6. The number of anilines is 1. The molecule has 0 fully saturated rings. The maximum atomic E-state index is 12.7. The van der Waals surface area contributed by atoms with Crippen LogP contribution in [0.3, 0.4) is 0 Å². The normalized spacial score (nSPS) is 10.8. The van der Waals surface area contributed by atoms with Crippen molar-refractivity contribution < 1.29 is 28.6 Å². The first-order valence-electron chi connectivity index (χ1n) is 11.4. The van der Waals surface area contributed by atoms with Crippen LogP contribution in [0.1, 0.15) is 44.8 Å². The summed E-state index contributed by atoms with van der Waals surface area (Å²) in [6, 6.07) is 5.06. The molecule has 0 aliphatic rings. The minimum absolute atomic E-state index is 0.0153. The van der Waals surface area contributed by atoms with Gasteiger partial charge in [0, 0.05) is 18.0 Å². The lowest BCUT2D eigenvalue weighted by Gasteiger charge is -2.09. The summed E-state index contributed by atoms with van der Waals surface area (Å²) in [6.07, 6.45) is 1.30. The number of ether oxygens (including phenoxy) is 3. The number of carbonyl (C=O) groups excluding carboxylic acids is 3. The number of halogens is 2. The molecule has 0 aliphatic carbocycles. The highest BCUT2D eigenvalue weighted by Gasteiger charge is 2.27. The van der Waals surface area contributed by atoms with Gasteiger partial charge in [0.05, 0.1) is 37.2 Å². The van der Waals surface area contributed by atoms with Gasteiger partial charge >= 0.3 is 11.9 Å². The number of esters is 2. The van der Waals surface area contributed by atoms with Crippen LogP contribution in [0.2, 0.25) is 10.0 Å². The molecule has 10 nitrogen and oxygen atoms in total. The van der Waals surface area contributed by atoms with Crippen molar-refractivity contribution in [3.8, 4) is 5.75 Å². The van der Waals surface area contributed by atoms with Gasteiger partial charge in [0.1, 0.15) is 21.5 Å². The SMILES string of the molecule is CCn1c(CCCOc2ccc(Cl)cc2Cl)nnc1SCC(=O)Nc1sc(C(=O)OC)c(C)c1C(=O)OC. The van der Waals surface area contributed by atoms with Crippen molar-refractivity contribution in [2.75, 3.05) is 31.9 Å². The standard InChI is InChI=1S/C24H26Cl2N4O6S2/c1-5-30-17(7-6-10-36-16-9-8-14(25)11-15(16)26)28-29-24(30)37-12-18(31)27-21-19(22(32)34-3)13(2)20(38-21)23(33)35-4/h8-9,11H,5-7,10,12H2,1-4H3,(H,27,31). The van der Waals surface area contributed by atoms with Gasteiger partial charge in [0.15, 0.2) is 5.16 Å². The van der Waals surface area contributed by atoms with Crippen LogP contribution in [0, 0.1) is 6.92 Å². The van der Waals surface area contributed by atoms with E-state index >= 15 is 0 Å². The molecular formula is C24H26Cl2N4O6S2. The Bertz CT molecular complexity index is 1330. The second-order valence-electron chi connectivity index (χ2n) is 7.75. The maximum absolute atomic E-state index is 12.7. The van der Waals surface area contributed by atoms with Gasteiger partial charge in [-0.1, -0.05) is 35.0 Å². The molecule has 3 rings (SSSR count). The van der Waals surface area contributed by atoms with Crippen molar-refractivity contribution in [1.29, 1.82) is 0 Å². The third-order valence-corrected chi connectivity index (χ3v) is 7.98. The molecule has 1 aromatic carbocycles. The van der Waals surface area contributed by atoms with Gasteiger partial charge in [-0.05, 0) is 44.0 Å². The number of amides is 1. The molecule has 2 heterocycles. The van der Waals surface area contributed by atoms with Crippen molar-refractivity contribution in [2.24, 2.45) is 0 Å². The molecule has 0 spiro atoms. The number of carbonyl (C=O) groups is 3. The van der Waals surface area contributed by atoms with E-state index in [9.17, 15) is 14.4 Å². The molecule has 2 aromatic heterocycles. The summed E-state index contributed by atoms with van der Waals surface area (Å²) >= 11 is 14.2. The number of nitrogens with one attached hydrogen (secondary N) is 1. The zero-order valence-electron chi connectivity index (χ0n) is 21.1. The number of thioether (sulfide) groups is 1. The fourth-order valence-corrected chi connectivity index (χ4v) is 5.88. The van der Waals surface area contributed by atoms with Gasteiger partial charge < -0.3 is 24.1 Å². The van der Waals surface area contributed by atoms with Crippen molar-refractivity contribution in [1.82, 2.24) is 14.8 Å². The summed E-state index contributed by atoms with van der Waals surface area (Å²) in [5.41, 5.74) is 0.506. The number of hydrogen-bond donors (Lipinski definition) is 1. The molecule has 0 atom stereocenters. The van der Waals surface area contributed by atoms with Crippen LogP contribution in [-0.2, 0) is 27.2 Å². The summed E-state index contributed by atoms with van der Waals surface area (Å²) in [4.78, 5) is 37.3. The van der Waals surface area contributed by atoms with E-state index in [4.69, 9.17) is 37.4 Å². The van der Waals surface area contributed by atoms with Crippen molar-refractivity contribution >= 4 is 69.1 Å². The third-order valence-electron chi connectivity index (χ3n) is 5.30. The summed E-state index contributed by atoms with van der Waals surface area (Å²) in [7, 11) is 2.47. The van der Waals surface area contributed by atoms with Crippen LogP contribution >= 0.6 is 46.3 Å². The Morgan fingerprint density at radius 2 is 1.87 bits per heavy atom. The fourth-order valence-electron chi connectivity index (χ4n) is 3.46. The van der Waals surface area contributed by atoms with Crippen LogP contribution in [0.15, 0.2) is 23.4 Å². The number of aryl methyl sites for hydroxylation is 1. The fraction of sp³-hybridized carbons (Fsp3) is 0.375. The van der Waals surface area contributed by atoms with E-state index in [0.29, 0.717) is 52.5 Å². The Morgan fingerprint density at radius 3 is 2.53 bits per heavy atom. The summed E-state index contributed by atoms with van der Waals surface area (Å²) < 4.78 is 17.2. The van der Waals surface area contributed by atoms with E-state index in [-0.39, 0.29) is 27.1 Å². The molecule has 14 heteroatoms. The van der Waals surface area contributed by atoms with Crippen LogP contribution in [-0.4, -0.2) is 59.2 Å². The zero-order valence-corrected chi connectivity index (χ0v) is 24.3. The first kappa shape index (κ1) is 29.8. The predicted octanol–water partition coefficient (Wildman–Crippen LogP) is 5.29. The second kappa shape index (κ2) is 13.8. The average molecular weight is 602 g/mol. The van der Waals surface area contributed by atoms with E-state index in [2.05, 4.69) is 15.5 Å². The first-order chi connectivity index (χ1) is 18.2. The summed E-state index contributed by atoms with van der Waals surface area (Å²) in [6.45, 7) is 4.61. The molecule has 204 valence electrons. The number of thiophene rings is 1. The highest BCUT2D eigenvalue weighted by atomic mass is 35.5. The molecule has 38 heavy (non-hydrogen) atoms. The molecule has 0 aliphatic heterocycles. The largest absolute Gasteiger partial charge is 0.492 e. The van der Waals surface area contributed by atoms with E-state index in [1.165, 1.54) is 26.0 Å². The highest BCUT2D eigenvalue weighted by Crippen LogP contribution is 2.34. The molecule has 0 saturated heterocycles. The van der Waals surface area contributed by atoms with Gasteiger partial charge in [0.25, 0.3) is 0 Å². The molecule has 1 amide bonds. The first-order valence-corrected chi connectivity index (χ1v) is 14.0. The molecule has 0 bridgehead atoms. The smallest absolute Gasteiger partial charge is 0.348 e. The highest BCUT2D eigenvalue weighted by molar-refractivity contribution is 7.99. The maximum Gasteiger partial charge on any atom is 0.348 e. The third kappa shape index (κ3) is 7.19. The van der Waals surface area contributed by atoms with E-state index in [1.807, 2.05) is 11.5 Å². The van der Waals surface area contributed by atoms with Gasteiger partial charge in [-0.15, -0.1) is 21.5 Å². The van der Waals surface area contributed by atoms with Crippen LogP contribution in [0.25, 0.3) is 0 Å². The number of aromatic nitrogens is 3. The molecule has 0 saturated carbocycles. The number of methoxy groups -OCH3 is 2. The van der Waals surface area contributed by atoms with E-state index in [1.54, 1.807) is 25.1 Å². The average Bonchev–Trinajstić information content (AvgIpc) is 3.44. The lowest BCUT2D eigenvalue weighted by Crippen LogP contribution is -2.16. The van der Waals surface area contributed by atoms with Gasteiger partial charge in [-0.3, -0.25) is 4.79 Å². The summed E-state index contributed by atoms with van der Waals surface area (Å²) in [5.74, 6) is -0.289. The monoisotopic (exact) mass is 600 g/mol. The number of rotatable bonds is 12. The Labute approximate surface area is 237 Å². The number of benzene rings is 1. The van der Waals surface area contributed by atoms with Crippen molar-refractivity contribution in [3.63, 3.8) is 0 Å². The van der Waals surface area contributed by atoms with Crippen molar-refractivity contribution in [2.45, 2.75) is 38.4 Å². The molecule has 0 unspecified atom stereocenters. The quantitative estimate of drug-likeness (QED) is 0.168. The zero-order chi connectivity index (χ0) is 27.8. The number of nitrogens with zero attached hydrogens (tertiary/aromatic N) is 3. The van der Waals surface area contributed by atoms with Crippen LogP contribution < -0.4 is 10.1 Å². The topological polar surface area (TPSA) is 122 Å². The molecule has 3 aromatic rings. The lowest BCUT2D eigenvalue weighted by molar-refractivity contribution is -0.113. The minimum Gasteiger partial charge on any atom is -0.492 e. The Kier molecular flexibility index (Phi) is 10.8. The van der Waals surface area contributed by atoms with Crippen LogP contribution in [0.5, 0.6) is 5.75 Å². The van der Waals surface area contributed by atoms with Crippen molar-refractivity contribution in [3.05, 3.63) is 50.1 Å². The van der Waals surface area contributed by atoms with E-state index < -0.39 is 11.9 Å². The number of hydrogen-bond acceptors (Lipinski definition) is 10. The van der Waals surface area contributed by atoms with Crippen LogP contribution in [0.4, 0.5) is 5.00 Å². The van der Waals surface area contributed by atoms with Gasteiger partial charge in [0.2, 0.25) is 5.91 Å². The predicted molar refractivity (Wildman–Crippen MR) is 147 cm³/mol. The van der Waals surface area contributed by atoms with Gasteiger partial charge in [-0.25, -0.2) is 9.59 Å². The Morgan fingerprint density at radius 1 is 1.13 bits per heavy atom. The molecular weight excluding hydrogens is 575 g/mol. The molecule has 1 N–H and O–H groups in total. The molecule has 0 radical (unpaired) electrons.